The second-order valence-corrected chi connectivity index (χ2v) is 2.84. The Morgan fingerprint density at radius 1 is 0.524 bits per heavy atom. The minimum atomic E-state index is 0. The molecule has 0 rings (SSSR count). The molecular formula is C21H38. The number of hydrogen-bond acceptors (Lipinski definition) is 0. The van der Waals surface area contributed by atoms with Crippen molar-refractivity contribution in [1.29, 1.82) is 0 Å². The van der Waals surface area contributed by atoms with Crippen LogP contribution < -0.4 is 0 Å². The maximum Gasteiger partial charge on any atom is -0.00235 e. The van der Waals surface area contributed by atoms with Gasteiger partial charge in [0.2, 0.25) is 0 Å². The lowest BCUT2D eigenvalue weighted by Crippen LogP contribution is -1.41. The summed E-state index contributed by atoms with van der Waals surface area (Å²) in [4.78, 5) is 0. The van der Waals surface area contributed by atoms with Crippen molar-refractivity contribution in [1.82, 2.24) is 0 Å². The van der Waals surface area contributed by atoms with E-state index in [-0.39, 0.29) is 22.3 Å². The van der Waals surface area contributed by atoms with Gasteiger partial charge in [0.1, 0.15) is 0 Å². The van der Waals surface area contributed by atoms with Gasteiger partial charge in [-0.05, 0) is 53.7 Å². The van der Waals surface area contributed by atoms with Crippen molar-refractivity contribution in [3.63, 3.8) is 0 Å². The molecule has 21 heavy (non-hydrogen) atoms. The number of hydrogen-bond donors (Lipinski definition) is 0. The van der Waals surface area contributed by atoms with Gasteiger partial charge in [-0.1, -0.05) is 70.6 Å². The zero-order valence-corrected chi connectivity index (χ0v) is 12.6. The Morgan fingerprint density at radius 2 is 0.810 bits per heavy atom. The van der Waals surface area contributed by atoms with E-state index < -0.39 is 0 Å². The van der Waals surface area contributed by atoms with Crippen LogP contribution in [0.15, 0.2) is 48.6 Å². The minimum absolute atomic E-state index is 0. The Hall–Kier alpha value is -1.92. The zero-order chi connectivity index (χ0) is 14.5. The van der Waals surface area contributed by atoms with Crippen LogP contribution >= 0.6 is 0 Å². The van der Waals surface area contributed by atoms with E-state index in [9.17, 15) is 0 Å². The van der Waals surface area contributed by atoms with E-state index >= 15 is 0 Å². The van der Waals surface area contributed by atoms with E-state index in [2.05, 4.69) is 23.7 Å². The normalized spacial score (nSPS) is 7.71. The fourth-order valence-electron chi connectivity index (χ4n) is 0.556. The maximum atomic E-state index is 2.77. The van der Waals surface area contributed by atoms with E-state index in [0.717, 1.165) is 0 Å². The fraction of sp³-hybridized carbons (Fsp3) is 0.429. The summed E-state index contributed by atoms with van der Waals surface area (Å²) in [5.74, 6) is 11.0. The summed E-state index contributed by atoms with van der Waals surface area (Å²) in [6, 6.07) is 0. The standard InChI is InChI=1S/C6H10.2C6H8.3CH4/c3*1-3-5-6-4-2;;;/h3-6H,1-2H3;2*3,5H,1-2H3;3*1H4. The summed E-state index contributed by atoms with van der Waals surface area (Å²) in [5.41, 5.74) is 0. The van der Waals surface area contributed by atoms with Gasteiger partial charge in [-0.2, -0.15) is 0 Å². The topological polar surface area (TPSA) is 0 Å². The van der Waals surface area contributed by atoms with Crippen LogP contribution in [0.25, 0.3) is 0 Å². The molecule has 0 amide bonds. The van der Waals surface area contributed by atoms with Crippen molar-refractivity contribution in [3.8, 4) is 23.7 Å². The lowest BCUT2D eigenvalue weighted by atomic mass is 10.5. The molecule has 0 aromatic carbocycles. The van der Waals surface area contributed by atoms with E-state index in [1.54, 1.807) is 0 Å². The predicted molar refractivity (Wildman–Crippen MR) is 106 cm³/mol. The molecule has 0 aromatic heterocycles. The van der Waals surface area contributed by atoms with Gasteiger partial charge in [-0.25, -0.2) is 0 Å². The average Bonchev–Trinajstić information content (AvgIpc) is 2.42. The first kappa shape index (κ1) is 36.5. The highest BCUT2D eigenvalue weighted by Gasteiger charge is 1.49. The molecule has 0 radical (unpaired) electrons. The quantitative estimate of drug-likeness (QED) is 0.353. The van der Waals surface area contributed by atoms with E-state index in [1.165, 1.54) is 0 Å². The molecule has 0 aliphatic carbocycles. The molecule has 0 fully saturated rings. The van der Waals surface area contributed by atoms with Crippen molar-refractivity contribution in [3.05, 3.63) is 48.6 Å². The minimum Gasteiger partial charge on any atom is -0.102 e. The Bertz CT molecular complexity index is 316. The molecule has 0 aliphatic rings. The molecule has 0 nitrogen and oxygen atoms in total. The molecule has 0 heteroatoms. The van der Waals surface area contributed by atoms with Crippen LogP contribution in [0.1, 0.15) is 63.8 Å². The van der Waals surface area contributed by atoms with Gasteiger partial charge in [0.25, 0.3) is 0 Å². The Balaban J connectivity index is -0.0000000375. The van der Waals surface area contributed by atoms with E-state index in [1.807, 2.05) is 90.2 Å². The highest BCUT2D eigenvalue weighted by Crippen LogP contribution is 1.71. The van der Waals surface area contributed by atoms with E-state index in [0.29, 0.717) is 0 Å². The number of allylic oxidation sites excluding steroid dienone is 8. The Labute approximate surface area is 136 Å². The summed E-state index contributed by atoms with van der Waals surface area (Å²) in [5, 5.41) is 0. The first-order valence-electron chi connectivity index (χ1n) is 6.05. The fourth-order valence-corrected chi connectivity index (χ4v) is 0.556. The molecule has 0 atom stereocenters. The molecule has 0 saturated carbocycles. The van der Waals surface area contributed by atoms with Crippen LogP contribution in [-0.4, -0.2) is 0 Å². The molecule has 0 spiro atoms. The van der Waals surface area contributed by atoms with Gasteiger partial charge in [-0.15, -0.1) is 11.8 Å². The summed E-state index contributed by atoms with van der Waals surface area (Å²) in [6.07, 6.45) is 15.5. The predicted octanol–water partition coefficient (Wildman–Crippen LogP) is 7.22. The zero-order valence-electron chi connectivity index (χ0n) is 12.6. The van der Waals surface area contributed by atoms with Gasteiger partial charge in [-0.3, -0.25) is 0 Å². The van der Waals surface area contributed by atoms with E-state index in [4.69, 9.17) is 0 Å². The third-order valence-electron chi connectivity index (χ3n) is 1.28. The molecule has 0 unspecified atom stereocenters. The average molecular weight is 291 g/mol. The van der Waals surface area contributed by atoms with Gasteiger partial charge in [0.05, 0.1) is 0 Å². The summed E-state index contributed by atoms with van der Waals surface area (Å²) < 4.78 is 0. The Morgan fingerprint density at radius 3 is 0.905 bits per heavy atom. The third kappa shape index (κ3) is 93.3. The molecule has 0 saturated heterocycles. The van der Waals surface area contributed by atoms with Crippen LogP contribution in [0.3, 0.4) is 0 Å². The smallest absolute Gasteiger partial charge is 0.00235 e. The molecule has 122 valence electrons. The van der Waals surface area contributed by atoms with Crippen molar-refractivity contribution in [2.24, 2.45) is 0 Å². The SMILES string of the molecule is C.C.C.CC#CC=CC.CC#CC=CC.CC=CC=CC. The van der Waals surface area contributed by atoms with Gasteiger partial charge >= 0.3 is 0 Å². The Kier molecular flexibility index (Phi) is 90.1. The third-order valence-corrected chi connectivity index (χ3v) is 1.28. The molecular weight excluding hydrogens is 252 g/mol. The summed E-state index contributed by atoms with van der Waals surface area (Å²) in [7, 11) is 0. The van der Waals surface area contributed by atoms with Crippen molar-refractivity contribution < 1.29 is 0 Å². The first-order chi connectivity index (χ1) is 8.74. The maximum absolute atomic E-state index is 2.77. The highest BCUT2D eigenvalue weighted by molar-refractivity contribution is 5.12. The van der Waals surface area contributed by atoms with Crippen LogP contribution in [0.4, 0.5) is 0 Å². The second kappa shape index (κ2) is 51.9. The monoisotopic (exact) mass is 290 g/mol. The summed E-state index contributed by atoms with van der Waals surface area (Å²) >= 11 is 0. The first-order valence-corrected chi connectivity index (χ1v) is 6.05. The largest absolute Gasteiger partial charge is 0.102 e. The van der Waals surface area contributed by atoms with Crippen LogP contribution in [-0.2, 0) is 0 Å². The van der Waals surface area contributed by atoms with Gasteiger partial charge in [0.15, 0.2) is 0 Å². The lowest BCUT2D eigenvalue weighted by Gasteiger charge is -1.62. The van der Waals surface area contributed by atoms with Crippen molar-refractivity contribution in [2.75, 3.05) is 0 Å². The molecule has 0 bridgehead atoms. The van der Waals surface area contributed by atoms with Crippen LogP contribution in [0.2, 0.25) is 0 Å². The van der Waals surface area contributed by atoms with Crippen LogP contribution in [0, 0.1) is 23.7 Å². The number of rotatable bonds is 1. The van der Waals surface area contributed by atoms with Gasteiger partial charge in [0, 0.05) is 0 Å². The molecule has 0 heterocycles. The highest BCUT2D eigenvalue weighted by atomic mass is 13.6. The molecule has 0 aliphatic heterocycles. The van der Waals surface area contributed by atoms with Crippen molar-refractivity contribution >= 4 is 0 Å². The van der Waals surface area contributed by atoms with Crippen molar-refractivity contribution in [2.45, 2.75) is 63.8 Å². The van der Waals surface area contributed by atoms with Crippen LogP contribution in [0.5, 0.6) is 0 Å². The second-order valence-electron chi connectivity index (χ2n) is 2.84. The molecule has 0 N–H and O–H groups in total. The summed E-state index contributed by atoms with van der Waals surface area (Å²) in [6.45, 7) is 11.5. The molecule has 0 aromatic rings. The van der Waals surface area contributed by atoms with Gasteiger partial charge < -0.3 is 0 Å². The lowest BCUT2D eigenvalue weighted by molar-refractivity contribution is 1.69.